The summed E-state index contributed by atoms with van der Waals surface area (Å²) in [6.45, 7) is -1.24. The molecule has 0 saturated heterocycles. The smallest absolute Gasteiger partial charge is 0.271 e. The van der Waals surface area contributed by atoms with Gasteiger partial charge >= 0.3 is 0 Å². The van der Waals surface area contributed by atoms with Crippen molar-refractivity contribution in [1.82, 2.24) is 9.55 Å². The van der Waals surface area contributed by atoms with Gasteiger partial charge < -0.3 is 20.1 Å². The van der Waals surface area contributed by atoms with Crippen molar-refractivity contribution in [2.45, 2.75) is 12.3 Å². The number of aromatic nitrogens is 2. The molecule has 7 heteroatoms. The first-order chi connectivity index (χ1) is 7.72. The molecule has 1 atom stereocenters. The molecule has 0 spiro atoms. The zero-order valence-electron chi connectivity index (χ0n) is 8.56. The van der Waals surface area contributed by atoms with E-state index in [1.165, 1.54) is 12.4 Å². The van der Waals surface area contributed by atoms with Gasteiger partial charge in [-0.05, 0) is 0 Å². The van der Waals surface area contributed by atoms with Crippen LogP contribution in [0, 0.1) is 0 Å². The maximum Gasteiger partial charge on any atom is 0.271 e. The lowest BCUT2D eigenvalue weighted by Crippen LogP contribution is -2.33. The molecule has 1 aromatic rings. The maximum atomic E-state index is 11.4. The van der Waals surface area contributed by atoms with Crippen LogP contribution in [0.5, 0.6) is 0 Å². The van der Waals surface area contributed by atoms with Crippen LogP contribution in [-0.4, -0.2) is 50.8 Å². The fourth-order valence-corrected chi connectivity index (χ4v) is 1.16. The number of nitrogens with zero attached hydrogens (tertiary/aromatic N) is 2. The van der Waals surface area contributed by atoms with Crippen molar-refractivity contribution < 1.29 is 20.1 Å². The largest absolute Gasteiger partial charge is 0.394 e. The third-order valence-electron chi connectivity index (χ3n) is 1.98. The summed E-state index contributed by atoms with van der Waals surface area (Å²) in [5.41, 5.74) is -0.434. The summed E-state index contributed by atoms with van der Waals surface area (Å²) >= 11 is 0. The lowest BCUT2D eigenvalue weighted by atomic mass is 10.4. The molecule has 0 fully saturated rings. The Morgan fingerprint density at radius 1 is 1.31 bits per heavy atom. The molecule has 3 N–H and O–H groups in total. The molecule has 90 valence electrons. The quantitative estimate of drug-likeness (QED) is 0.527. The summed E-state index contributed by atoms with van der Waals surface area (Å²) in [7, 11) is 0. The van der Waals surface area contributed by atoms with Crippen LogP contribution < -0.4 is 5.56 Å². The van der Waals surface area contributed by atoms with Gasteiger partial charge in [0, 0.05) is 12.4 Å². The van der Waals surface area contributed by atoms with E-state index in [-0.39, 0.29) is 0 Å². The van der Waals surface area contributed by atoms with Gasteiger partial charge in [-0.1, -0.05) is 0 Å². The minimum absolute atomic E-state index is 0.396. The van der Waals surface area contributed by atoms with Gasteiger partial charge in [-0.2, -0.15) is 0 Å². The van der Waals surface area contributed by atoms with Gasteiger partial charge in [-0.25, -0.2) is 0 Å². The zero-order chi connectivity index (χ0) is 12.0. The van der Waals surface area contributed by atoms with E-state index in [0.717, 1.165) is 10.8 Å². The minimum Gasteiger partial charge on any atom is -0.394 e. The van der Waals surface area contributed by atoms with E-state index in [2.05, 4.69) is 4.98 Å². The first-order valence-corrected chi connectivity index (χ1v) is 4.73. The Morgan fingerprint density at radius 2 is 2.00 bits per heavy atom. The molecule has 0 aliphatic rings. The van der Waals surface area contributed by atoms with Gasteiger partial charge in [0.2, 0.25) is 0 Å². The van der Waals surface area contributed by atoms with Crippen LogP contribution in [0.3, 0.4) is 0 Å². The van der Waals surface area contributed by atoms with E-state index in [0.29, 0.717) is 0 Å². The third kappa shape index (κ3) is 3.11. The average molecular weight is 230 g/mol. The lowest BCUT2D eigenvalue weighted by molar-refractivity contribution is -0.113. The first-order valence-electron chi connectivity index (χ1n) is 4.73. The topological polar surface area (TPSA) is 105 Å². The Bertz CT molecular complexity index is 363. The second-order valence-corrected chi connectivity index (χ2v) is 3.08. The van der Waals surface area contributed by atoms with E-state index in [1.54, 1.807) is 0 Å². The highest BCUT2D eigenvalue weighted by Crippen LogP contribution is 2.07. The van der Waals surface area contributed by atoms with Crippen molar-refractivity contribution >= 4 is 0 Å². The zero-order valence-corrected chi connectivity index (χ0v) is 8.56. The Balaban J connectivity index is 2.82. The Kier molecular flexibility index (Phi) is 5.06. The van der Waals surface area contributed by atoms with Gasteiger partial charge in [0.25, 0.3) is 5.56 Å². The molecule has 0 radical (unpaired) electrons. The molecule has 0 amide bonds. The Hall–Kier alpha value is -1.28. The molecule has 0 aliphatic carbocycles. The molecular formula is C9H14N2O5. The highest BCUT2D eigenvalue weighted by atomic mass is 16.5. The molecule has 0 bridgehead atoms. The Morgan fingerprint density at radius 3 is 2.50 bits per heavy atom. The number of aliphatic hydroxyl groups excluding tert-OH is 3. The molecule has 1 aromatic heterocycles. The van der Waals surface area contributed by atoms with Gasteiger partial charge in [0.1, 0.15) is 6.10 Å². The van der Waals surface area contributed by atoms with Crippen LogP contribution in [0.2, 0.25) is 0 Å². The van der Waals surface area contributed by atoms with Crippen LogP contribution >= 0.6 is 0 Å². The summed E-state index contributed by atoms with van der Waals surface area (Å²) < 4.78 is 6.28. The SMILES string of the molecule is O=c1cnccn1[C@@H](CO)OC(CO)CO. The Labute approximate surface area is 91.6 Å². The number of rotatable bonds is 6. The van der Waals surface area contributed by atoms with E-state index < -0.39 is 37.7 Å². The molecule has 0 aromatic carbocycles. The molecule has 16 heavy (non-hydrogen) atoms. The highest BCUT2D eigenvalue weighted by Gasteiger charge is 2.17. The van der Waals surface area contributed by atoms with Crippen LogP contribution in [0.15, 0.2) is 23.4 Å². The number of aliphatic hydroxyl groups is 3. The van der Waals surface area contributed by atoms with Gasteiger partial charge in [-0.3, -0.25) is 14.3 Å². The van der Waals surface area contributed by atoms with Crippen molar-refractivity contribution in [2.75, 3.05) is 19.8 Å². The average Bonchev–Trinajstić information content (AvgIpc) is 2.32. The molecule has 1 heterocycles. The predicted molar refractivity (Wildman–Crippen MR) is 53.7 cm³/mol. The molecule has 7 nitrogen and oxygen atoms in total. The molecular weight excluding hydrogens is 216 g/mol. The van der Waals surface area contributed by atoms with Crippen LogP contribution in [0.25, 0.3) is 0 Å². The summed E-state index contributed by atoms with van der Waals surface area (Å²) in [5.74, 6) is 0. The summed E-state index contributed by atoms with van der Waals surface area (Å²) in [5, 5.41) is 26.7. The van der Waals surface area contributed by atoms with Crippen molar-refractivity contribution in [2.24, 2.45) is 0 Å². The van der Waals surface area contributed by atoms with Crippen molar-refractivity contribution in [3.05, 3.63) is 28.9 Å². The summed E-state index contributed by atoms with van der Waals surface area (Å²) in [4.78, 5) is 15.0. The third-order valence-corrected chi connectivity index (χ3v) is 1.98. The summed E-state index contributed by atoms with van der Waals surface area (Å²) in [6.07, 6.45) is 2.03. The predicted octanol–water partition coefficient (Wildman–Crippen LogP) is -1.90. The van der Waals surface area contributed by atoms with Crippen LogP contribution in [0.4, 0.5) is 0 Å². The van der Waals surface area contributed by atoms with Gasteiger partial charge in [0.05, 0.1) is 26.0 Å². The number of hydrogen-bond donors (Lipinski definition) is 3. The summed E-state index contributed by atoms with van der Waals surface area (Å²) in [6, 6.07) is 0. The second kappa shape index (κ2) is 6.33. The minimum atomic E-state index is -0.945. The van der Waals surface area contributed by atoms with E-state index in [4.69, 9.17) is 20.1 Å². The normalized spacial score (nSPS) is 13.0. The van der Waals surface area contributed by atoms with E-state index in [9.17, 15) is 4.79 Å². The number of hydrogen-bond acceptors (Lipinski definition) is 6. The first kappa shape index (κ1) is 12.8. The molecule has 0 saturated carbocycles. The van der Waals surface area contributed by atoms with E-state index in [1.807, 2.05) is 0 Å². The fourth-order valence-electron chi connectivity index (χ4n) is 1.16. The molecule has 0 aliphatic heterocycles. The van der Waals surface area contributed by atoms with Gasteiger partial charge in [-0.15, -0.1) is 0 Å². The molecule has 1 rings (SSSR count). The van der Waals surface area contributed by atoms with Crippen molar-refractivity contribution in [1.29, 1.82) is 0 Å². The van der Waals surface area contributed by atoms with Crippen LogP contribution in [-0.2, 0) is 4.74 Å². The molecule has 0 unspecified atom stereocenters. The standard InChI is InChI=1S/C9H14N2O5/c12-4-7(5-13)16-9(6-14)11-2-1-10-3-8(11)15/h1-3,7,9,12-14H,4-6H2/t9-/m1/s1. The lowest BCUT2D eigenvalue weighted by Gasteiger charge is -2.22. The van der Waals surface area contributed by atoms with Gasteiger partial charge in [0.15, 0.2) is 6.23 Å². The second-order valence-electron chi connectivity index (χ2n) is 3.08. The fraction of sp³-hybridized carbons (Fsp3) is 0.556. The van der Waals surface area contributed by atoms with Crippen LogP contribution in [0.1, 0.15) is 6.23 Å². The highest BCUT2D eigenvalue weighted by molar-refractivity contribution is 4.82. The van der Waals surface area contributed by atoms with Crippen molar-refractivity contribution in [3.63, 3.8) is 0 Å². The monoisotopic (exact) mass is 230 g/mol. The van der Waals surface area contributed by atoms with E-state index >= 15 is 0 Å². The van der Waals surface area contributed by atoms with Crippen molar-refractivity contribution in [3.8, 4) is 0 Å². The number of ether oxygens (including phenoxy) is 1. The maximum absolute atomic E-state index is 11.4.